The highest BCUT2D eigenvalue weighted by molar-refractivity contribution is 5.66. The zero-order valence-electron chi connectivity index (χ0n) is 47.8. The van der Waals surface area contributed by atoms with Gasteiger partial charge in [-0.3, -0.25) is 4.79 Å². The van der Waals surface area contributed by atoms with Gasteiger partial charge >= 0.3 is 5.97 Å². The largest absolute Gasteiger partial charge is 0.457 e. The van der Waals surface area contributed by atoms with Crippen molar-refractivity contribution in [1.29, 1.82) is 0 Å². The fourth-order valence-electron chi connectivity index (χ4n) is 15.7. The number of carbonyl (C=O) groups is 1. The van der Waals surface area contributed by atoms with Crippen LogP contribution in [0.5, 0.6) is 0 Å². The van der Waals surface area contributed by atoms with E-state index in [1.54, 1.807) is 21.0 Å². The molecule has 0 radical (unpaired) electrons. The number of aliphatic hydroxyl groups is 9. The molecule has 24 heteroatoms. The summed E-state index contributed by atoms with van der Waals surface area (Å²) in [6.07, 6.45) is -18.1. The van der Waals surface area contributed by atoms with Crippen LogP contribution in [0, 0.1) is 34.5 Å². The Morgan fingerprint density at radius 1 is 0.637 bits per heavy atom. The summed E-state index contributed by atoms with van der Waals surface area (Å²) in [7, 11) is 4.47. The average molecular weight is 1150 g/mol. The number of ether oxygens (including phenoxy) is 14. The molecule has 0 bridgehead atoms. The molecular weight excluding hydrogens is 1060 g/mol. The predicted octanol–water partition coefficient (Wildman–Crippen LogP) is 0.0732. The molecule has 9 rings (SSSR count). The Bertz CT molecular complexity index is 2070. The van der Waals surface area contributed by atoms with E-state index in [1.807, 2.05) is 13.8 Å². The standard InChI is InChI=1S/C56H92O24/c1-23(72-54-50(48(68-9)38(59)24(2)73-54)80-52-44(65)42(63)40(61)36(78-52)22-70-51-43(64)41(62)39(60)35(21-57)77-51)31-13-14-32-30-12-11-28-19-29(15-17-55(28,6)33(30)16-18-56(31,32)7)76-37-20-34(67-8)46(25(3)71-37)79-53-45(66)49(69-10)47(26(4)74-53)75-27(5)58/h11,23-26,29-54,57,59-66H,12-22H2,1-10H3/t23-,24+,25+,26+,29-,30-,31+,32+,33-,34-,35+,36+,37-,38-,39+,40+,41-,42-,43+,44+,45+,46+,47-,48-,49+,50+,51+,52-,53-,54+,55-,56+/m0/s1. The number of fused-ring (bicyclic) bond motifs is 5. The van der Waals surface area contributed by atoms with Crippen molar-refractivity contribution in [3.8, 4) is 0 Å². The molecule has 9 aliphatic rings. The fraction of sp³-hybridized carbons (Fsp3) is 0.946. The lowest BCUT2D eigenvalue weighted by Crippen LogP contribution is -2.65. The van der Waals surface area contributed by atoms with Crippen molar-refractivity contribution < 1.29 is 117 Å². The third-order valence-corrected chi connectivity index (χ3v) is 20.2. The summed E-state index contributed by atoms with van der Waals surface area (Å²) < 4.78 is 85.1. The van der Waals surface area contributed by atoms with Crippen LogP contribution in [0.1, 0.15) is 106 Å². The van der Waals surface area contributed by atoms with Gasteiger partial charge in [0.15, 0.2) is 37.6 Å². The van der Waals surface area contributed by atoms with E-state index in [0.29, 0.717) is 24.2 Å². The Hall–Kier alpha value is -1.67. The van der Waals surface area contributed by atoms with Gasteiger partial charge in [0.05, 0.1) is 49.8 Å². The van der Waals surface area contributed by atoms with Crippen LogP contribution in [-0.4, -0.2) is 246 Å². The molecule has 5 heterocycles. The maximum absolute atomic E-state index is 11.8. The highest BCUT2D eigenvalue weighted by Gasteiger charge is 2.61. The van der Waals surface area contributed by atoms with E-state index < -0.39 is 167 Å². The molecule has 0 spiro atoms. The van der Waals surface area contributed by atoms with Crippen LogP contribution in [0.15, 0.2) is 11.6 Å². The Morgan fingerprint density at radius 2 is 1.26 bits per heavy atom. The SMILES string of the molecule is CO[C@@H]1[C@@H](O)[C@H](O[C@H]2[C@@H](OC)C[C@H](O[C@H]3CC[C@@]4(C)C(=CC[C@H]5[C@H]6CC[C@H]([C@H](C)O[C@@H]7O[C@H](C)[C@H](O)[C@H](OC)[C@H]7O[C@@H]7O[C@H](CO[C@@H]8O[C@H](CO)[C@@H](O)[C@H](O)[C@H]8O)[C@@H](O)[C@H](O)[C@H]7O)[C@@]6(C)CC[C@@H]54)C3)O[C@@H]2C)O[C@H](C)[C@@H]1OC(C)=O. The van der Waals surface area contributed by atoms with E-state index in [4.69, 9.17) is 66.3 Å². The number of aliphatic hydroxyl groups excluding tert-OH is 9. The zero-order valence-corrected chi connectivity index (χ0v) is 47.8. The van der Waals surface area contributed by atoms with E-state index in [0.717, 1.165) is 51.4 Å². The van der Waals surface area contributed by atoms with E-state index in [2.05, 4.69) is 19.9 Å². The minimum atomic E-state index is -1.81. The summed E-state index contributed by atoms with van der Waals surface area (Å²) in [6.45, 7) is 12.3. The quantitative estimate of drug-likeness (QED) is 0.0688. The average Bonchev–Trinajstić information content (AvgIpc) is 3.95. The van der Waals surface area contributed by atoms with Crippen molar-refractivity contribution in [1.82, 2.24) is 0 Å². The van der Waals surface area contributed by atoms with Gasteiger partial charge in [-0.05, 0) is 114 Å². The molecule has 0 unspecified atom stereocenters. The third kappa shape index (κ3) is 12.1. The normalized spacial score (nSPS) is 52.0. The summed E-state index contributed by atoms with van der Waals surface area (Å²) in [4.78, 5) is 11.8. The summed E-state index contributed by atoms with van der Waals surface area (Å²) >= 11 is 0. The van der Waals surface area contributed by atoms with Crippen molar-refractivity contribution >= 4 is 5.97 Å². The molecule has 8 fully saturated rings. The molecule has 0 aromatic carbocycles. The minimum absolute atomic E-state index is 0.0125. The first kappa shape index (κ1) is 62.8. The van der Waals surface area contributed by atoms with Crippen LogP contribution in [0.2, 0.25) is 0 Å². The van der Waals surface area contributed by atoms with Crippen LogP contribution < -0.4 is 0 Å². The molecule has 0 aromatic heterocycles. The van der Waals surface area contributed by atoms with Crippen LogP contribution in [0.25, 0.3) is 0 Å². The van der Waals surface area contributed by atoms with Crippen LogP contribution >= 0.6 is 0 Å². The highest BCUT2D eigenvalue weighted by atomic mass is 16.8. The molecule has 4 aliphatic carbocycles. The van der Waals surface area contributed by atoms with E-state index in [1.165, 1.54) is 26.7 Å². The van der Waals surface area contributed by atoms with Crippen LogP contribution in [-0.2, 0) is 71.1 Å². The molecule has 0 aromatic rings. The molecule has 80 heavy (non-hydrogen) atoms. The monoisotopic (exact) mass is 1150 g/mol. The molecular formula is C56H92O24. The van der Waals surface area contributed by atoms with Crippen molar-refractivity contribution in [2.75, 3.05) is 34.5 Å². The Balaban J connectivity index is 0.812. The molecule has 5 saturated heterocycles. The summed E-state index contributed by atoms with van der Waals surface area (Å²) in [6, 6.07) is 0. The van der Waals surface area contributed by atoms with Gasteiger partial charge < -0.3 is 112 Å². The van der Waals surface area contributed by atoms with Crippen LogP contribution in [0.3, 0.4) is 0 Å². The van der Waals surface area contributed by atoms with E-state index >= 15 is 0 Å². The molecule has 3 saturated carbocycles. The first-order valence-corrected chi connectivity index (χ1v) is 29.0. The lowest BCUT2D eigenvalue weighted by atomic mass is 9.47. The Morgan fingerprint density at radius 3 is 1.94 bits per heavy atom. The maximum Gasteiger partial charge on any atom is 0.303 e. The number of allylic oxidation sites excluding steroid dienone is 1. The summed E-state index contributed by atoms with van der Waals surface area (Å²) in [5.41, 5.74) is 1.39. The first-order valence-electron chi connectivity index (χ1n) is 29.0. The van der Waals surface area contributed by atoms with Gasteiger partial charge in [-0.15, -0.1) is 0 Å². The molecule has 0 amide bonds. The molecule has 24 nitrogen and oxygen atoms in total. The number of methoxy groups -OCH3 is 3. The second-order valence-electron chi connectivity index (χ2n) is 24.7. The predicted molar refractivity (Wildman–Crippen MR) is 274 cm³/mol. The third-order valence-electron chi connectivity index (χ3n) is 20.2. The van der Waals surface area contributed by atoms with E-state index in [9.17, 15) is 50.8 Å². The molecule has 9 N–H and O–H groups in total. The van der Waals surface area contributed by atoms with E-state index in [-0.39, 0.29) is 29.0 Å². The van der Waals surface area contributed by atoms with Gasteiger partial charge in [0.2, 0.25) is 0 Å². The van der Waals surface area contributed by atoms with Crippen LogP contribution in [0.4, 0.5) is 0 Å². The Labute approximate surface area is 468 Å². The molecule has 32 atom stereocenters. The smallest absolute Gasteiger partial charge is 0.303 e. The summed E-state index contributed by atoms with van der Waals surface area (Å²) in [5, 5.41) is 96.4. The minimum Gasteiger partial charge on any atom is -0.457 e. The number of hydrogen-bond acceptors (Lipinski definition) is 24. The lowest BCUT2D eigenvalue weighted by Gasteiger charge is -2.58. The van der Waals surface area contributed by atoms with Gasteiger partial charge in [0.25, 0.3) is 0 Å². The van der Waals surface area contributed by atoms with Crippen molar-refractivity contribution in [3.05, 3.63) is 11.6 Å². The molecule has 5 aliphatic heterocycles. The van der Waals surface area contributed by atoms with Crippen molar-refractivity contribution in [2.45, 2.75) is 266 Å². The highest BCUT2D eigenvalue weighted by Crippen LogP contribution is 2.67. The van der Waals surface area contributed by atoms with Crippen molar-refractivity contribution in [3.63, 3.8) is 0 Å². The number of carbonyl (C=O) groups excluding carboxylic acids is 1. The lowest BCUT2D eigenvalue weighted by molar-refractivity contribution is -0.376. The number of rotatable bonds is 17. The Kier molecular flexibility index (Phi) is 20.2. The van der Waals surface area contributed by atoms with Gasteiger partial charge in [0, 0.05) is 34.7 Å². The van der Waals surface area contributed by atoms with Gasteiger partial charge in [0.1, 0.15) is 85.5 Å². The number of hydrogen-bond donors (Lipinski definition) is 9. The topological polar surface area (TPSA) is 328 Å². The van der Waals surface area contributed by atoms with Gasteiger partial charge in [-0.25, -0.2) is 0 Å². The second kappa shape index (κ2) is 25.7. The first-order chi connectivity index (χ1) is 38.0. The fourth-order valence-corrected chi connectivity index (χ4v) is 15.7. The van der Waals surface area contributed by atoms with Crippen molar-refractivity contribution in [2.24, 2.45) is 34.5 Å². The molecule has 460 valence electrons. The second-order valence-corrected chi connectivity index (χ2v) is 24.7. The van der Waals surface area contributed by atoms with Gasteiger partial charge in [-0.2, -0.15) is 0 Å². The summed E-state index contributed by atoms with van der Waals surface area (Å²) in [5.74, 6) is 1.02. The zero-order chi connectivity index (χ0) is 57.9. The maximum atomic E-state index is 11.8. The van der Waals surface area contributed by atoms with Gasteiger partial charge in [-0.1, -0.05) is 25.5 Å². The number of esters is 1.